The summed E-state index contributed by atoms with van der Waals surface area (Å²) in [6.07, 6.45) is 0. The van der Waals surface area contributed by atoms with Gasteiger partial charge in [-0.1, -0.05) is 0 Å². The van der Waals surface area contributed by atoms with Crippen molar-refractivity contribution in [2.24, 2.45) is 0 Å². The van der Waals surface area contributed by atoms with Crippen molar-refractivity contribution >= 4 is 32.8 Å². The fourth-order valence-electron chi connectivity index (χ4n) is 1.34. The van der Waals surface area contributed by atoms with E-state index in [0.717, 1.165) is 21.5 Å². The van der Waals surface area contributed by atoms with E-state index in [2.05, 4.69) is 0 Å². The van der Waals surface area contributed by atoms with Gasteiger partial charge in [-0.2, -0.15) is 0 Å². The lowest BCUT2D eigenvalue weighted by Gasteiger charge is -2.03. The van der Waals surface area contributed by atoms with Gasteiger partial charge in [-0.25, -0.2) is 0 Å². The Bertz CT molecular complexity index is 450. The minimum atomic E-state index is 0.703. The predicted octanol–water partition coefficient (Wildman–Crippen LogP) is 2.07. The second kappa shape index (κ2) is 2.81. The van der Waals surface area contributed by atoms with Crippen molar-refractivity contribution in [2.45, 2.75) is 0 Å². The molecule has 2 rings (SSSR count). The molecule has 4 N–H and O–H groups in total. The zero-order chi connectivity index (χ0) is 9.42. The van der Waals surface area contributed by atoms with Crippen LogP contribution in [0.3, 0.4) is 0 Å². The summed E-state index contributed by atoms with van der Waals surface area (Å²) in [5, 5.41) is 2.79. The number of nitrogen functional groups attached to an aromatic ring is 2. The minimum Gasteiger partial charge on any atom is -0.495 e. The standard InChI is InChI=1S/C9H10N2OS/c1-12-7-3-2-5(10)8-6(11)4-13-9(7)8/h2-4H,10-11H2,1H3. The van der Waals surface area contributed by atoms with E-state index in [-0.39, 0.29) is 0 Å². The number of fused-ring (bicyclic) bond motifs is 1. The second-order valence-electron chi connectivity index (χ2n) is 2.75. The highest BCUT2D eigenvalue weighted by Gasteiger charge is 2.08. The Morgan fingerprint density at radius 2 is 2.00 bits per heavy atom. The summed E-state index contributed by atoms with van der Waals surface area (Å²) in [5.41, 5.74) is 13.0. The highest BCUT2D eigenvalue weighted by atomic mass is 32.1. The van der Waals surface area contributed by atoms with E-state index in [1.165, 1.54) is 0 Å². The number of nitrogens with two attached hydrogens (primary N) is 2. The number of rotatable bonds is 1. The Labute approximate surface area is 79.9 Å². The molecule has 0 aliphatic carbocycles. The minimum absolute atomic E-state index is 0.703. The molecule has 4 heteroatoms. The van der Waals surface area contributed by atoms with Gasteiger partial charge < -0.3 is 16.2 Å². The van der Waals surface area contributed by atoms with Gasteiger partial charge in [-0.15, -0.1) is 11.3 Å². The molecule has 0 aliphatic rings. The van der Waals surface area contributed by atoms with Crippen LogP contribution in [-0.2, 0) is 0 Å². The van der Waals surface area contributed by atoms with E-state index in [0.29, 0.717) is 5.69 Å². The molecular weight excluding hydrogens is 184 g/mol. The number of hydrogen-bond acceptors (Lipinski definition) is 4. The molecule has 0 saturated carbocycles. The number of benzene rings is 1. The quantitative estimate of drug-likeness (QED) is 0.683. The third-order valence-electron chi connectivity index (χ3n) is 1.97. The largest absolute Gasteiger partial charge is 0.495 e. The van der Waals surface area contributed by atoms with Crippen LogP contribution in [0.15, 0.2) is 17.5 Å². The smallest absolute Gasteiger partial charge is 0.136 e. The Kier molecular flexibility index (Phi) is 1.77. The molecule has 0 spiro atoms. The van der Waals surface area contributed by atoms with Crippen LogP contribution >= 0.6 is 11.3 Å². The summed E-state index contributed by atoms with van der Waals surface area (Å²) in [6, 6.07) is 3.66. The van der Waals surface area contributed by atoms with Crippen molar-refractivity contribution in [2.75, 3.05) is 18.6 Å². The van der Waals surface area contributed by atoms with Crippen LogP contribution in [0.5, 0.6) is 5.75 Å². The van der Waals surface area contributed by atoms with Crippen LogP contribution in [0.25, 0.3) is 10.1 Å². The maximum Gasteiger partial charge on any atom is 0.136 e. The van der Waals surface area contributed by atoms with Gasteiger partial charge in [0.2, 0.25) is 0 Å². The summed E-state index contributed by atoms with van der Waals surface area (Å²) in [7, 11) is 1.64. The van der Waals surface area contributed by atoms with Gasteiger partial charge in [0, 0.05) is 16.5 Å². The molecule has 0 amide bonds. The lowest BCUT2D eigenvalue weighted by molar-refractivity contribution is 0.420. The Morgan fingerprint density at radius 1 is 1.23 bits per heavy atom. The Hall–Kier alpha value is -1.42. The van der Waals surface area contributed by atoms with Crippen molar-refractivity contribution in [1.82, 2.24) is 0 Å². The third kappa shape index (κ3) is 1.10. The molecule has 13 heavy (non-hydrogen) atoms. The van der Waals surface area contributed by atoms with Gasteiger partial charge in [0.05, 0.1) is 17.5 Å². The lowest BCUT2D eigenvalue weighted by Crippen LogP contribution is -1.90. The van der Waals surface area contributed by atoms with E-state index in [1.54, 1.807) is 18.4 Å². The average Bonchev–Trinajstić information content (AvgIpc) is 2.50. The van der Waals surface area contributed by atoms with Crippen LogP contribution in [0.4, 0.5) is 11.4 Å². The van der Waals surface area contributed by atoms with Gasteiger partial charge in [0.15, 0.2) is 0 Å². The van der Waals surface area contributed by atoms with E-state index in [1.807, 2.05) is 17.5 Å². The first-order chi connectivity index (χ1) is 6.24. The number of methoxy groups -OCH3 is 1. The summed E-state index contributed by atoms with van der Waals surface area (Å²) >= 11 is 1.55. The molecule has 0 radical (unpaired) electrons. The van der Waals surface area contributed by atoms with Gasteiger partial charge in [-0.05, 0) is 12.1 Å². The highest BCUT2D eigenvalue weighted by molar-refractivity contribution is 7.18. The molecule has 0 atom stereocenters. The van der Waals surface area contributed by atoms with Crippen LogP contribution in [0.2, 0.25) is 0 Å². The van der Waals surface area contributed by atoms with Crippen molar-refractivity contribution < 1.29 is 4.74 Å². The molecule has 3 nitrogen and oxygen atoms in total. The summed E-state index contributed by atoms with van der Waals surface area (Å²) in [6.45, 7) is 0. The summed E-state index contributed by atoms with van der Waals surface area (Å²) in [4.78, 5) is 0. The molecule has 0 bridgehead atoms. The van der Waals surface area contributed by atoms with Crippen molar-refractivity contribution in [3.05, 3.63) is 17.5 Å². The molecule has 0 saturated heterocycles. The van der Waals surface area contributed by atoms with Crippen molar-refractivity contribution in [3.8, 4) is 5.75 Å². The zero-order valence-electron chi connectivity index (χ0n) is 7.20. The van der Waals surface area contributed by atoms with E-state index in [4.69, 9.17) is 16.2 Å². The molecule has 0 aliphatic heterocycles. The zero-order valence-corrected chi connectivity index (χ0v) is 8.02. The van der Waals surface area contributed by atoms with Crippen molar-refractivity contribution in [1.29, 1.82) is 0 Å². The first-order valence-electron chi connectivity index (χ1n) is 3.83. The molecule has 0 unspecified atom stereocenters. The second-order valence-corrected chi connectivity index (χ2v) is 3.63. The third-order valence-corrected chi connectivity index (χ3v) is 2.98. The Morgan fingerprint density at radius 3 is 2.69 bits per heavy atom. The van der Waals surface area contributed by atoms with Crippen LogP contribution in [-0.4, -0.2) is 7.11 Å². The summed E-state index contributed by atoms with van der Waals surface area (Å²) in [5.74, 6) is 0.825. The van der Waals surface area contributed by atoms with Crippen LogP contribution < -0.4 is 16.2 Å². The fraction of sp³-hybridized carbons (Fsp3) is 0.111. The number of anilines is 2. The van der Waals surface area contributed by atoms with Crippen LogP contribution in [0.1, 0.15) is 0 Å². The first kappa shape index (κ1) is 8.19. The normalized spacial score (nSPS) is 10.5. The van der Waals surface area contributed by atoms with Gasteiger partial charge in [0.25, 0.3) is 0 Å². The molecule has 1 heterocycles. The summed E-state index contributed by atoms with van der Waals surface area (Å²) < 4.78 is 6.21. The lowest BCUT2D eigenvalue weighted by atomic mass is 10.2. The molecule has 1 aromatic carbocycles. The maximum atomic E-state index is 5.80. The molecule has 1 aromatic heterocycles. The highest BCUT2D eigenvalue weighted by Crippen LogP contribution is 2.38. The molecule has 0 fully saturated rings. The number of thiophene rings is 1. The number of hydrogen-bond donors (Lipinski definition) is 2. The van der Waals surface area contributed by atoms with Crippen molar-refractivity contribution in [3.63, 3.8) is 0 Å². The number of ether oxygens (including phenoxy) is 1. The molecule has 2 aromatic rings. The van der Waals surface area contributed by atoms with Gasteiger partial charge >= 0.3 is 0 Å². The van der Waals surface area contributed by atoms with E-state index >= 15 is 0 Å². The van der Waals surface area contributed by atoms with E-state index < -0.39 is 0 Å². The maximum absolute atomic E-state index is 5.80. The fourth-order valence-corrected chi connectivity index (χ4v) is 2.32. The molecular formula is C9H10N2OS. The monoisotopic (exact) mass is 194 g/mol. The average molecular weight is 194 g/mol. The van der Waals surface area contributed by atoms with Gasteiger partial charge in [-0.3, -0.25) is 0 Å². The SMILES string of the molecule is COc1ccc(N)c2c(N)csc12. The molecule has 68 valence electrons. The Balaban J connectivity index is 2.87. The van der Waals surface area contributed by atoms with E-state index in [9.17, 15) is 0 Å². The van der Waals surface area contributed by atoms with Crippen LogP contribution in [0, 0.1) is 0 Å². The topological polar surface area (TPSA) is 61.3 Å². The van der Waals surface area contributed by atoms with Gasteiger partial charge in [0.1, 0.15) is 5.75 Å². The first-order valence-corrected chi connectivity index (χ1v) is 4.71. The predicted molar refractivity (Wildman–Crippen MR) is 57.2 cm³/mol.